The van der Waals surface area contributed by atoms with E-state index in [1.807, 2.05) is 0 Å². The Hall–Kier alpha value is -1.95. The van der Waals surface area contributed by atoms with Gasteiger partial charge in [0.25, 0.3) is 5.91 Å². The van der Waals surface area contributed by atoms with E-state index in [1.54, 1.807) is 4.90 Å². The predicted octanol–water partition coefficient (Wildman–Crippen LogP) is 1.59. The second kappa shape index (κ2) is 6.67. The van der Waals surface area contributed by atoms with Crippen molar-refractivity contribution in [1.82, 2.24) is 4.90 Å². The van der Waals surface area contributed by atoms with Crippen LogP contribution in [0.4, 0.5) is 10.1 Å². The molecule has 1 aliphatic rings. The highest BCUT2D eigenvalue weighted by Crippen LogP contribution is 2.21. The van der Waals surface area contributed by atoms with E-state index in [0.717, 1.165) is 12.8 Å². The summed E-state index contributed by atoms with van der Waals surface area (Å²) in [6.45, 7) is 3.16. The van der Waals surface area contributed by atoms with Gasteiger partial charge in [0.2, 0.25) is 5.91 Å². The van der Waals surface area contributed by atoms with Crippen LogP contribution in [0.15, 0.2) is 18.2 Å². The molecule has 6 heteroatoms. The van der Waals surface area contributed by atoms with Gasteiger partial charge in [0.05, 0.1) is 5.56 Å². The minimum Gasteiger partial charge on any atom is -0.339 e. The summed E-state index contributed by atoms with van der Waals surface area (Å²) >= 11 is 0. The van der Waals surface area contributed by atoms with Crippen molar-refractivity contribution < 1.29 is 14.0 Å². The summed E-state index contributed by atoms with van der Waals surface area (Å²) in [6, 6.07) is 4.02. The molecule has 21 heavy (non-hydrogen) atoms. The molecule has 1 saturated heterocycles. The number of amides is 2. The van der Waals surface area contributed by atoms with Crippen molar-refractivity contribution in [1.29, 1.82) is 0 Å². The Morgan fingerprint density at radius 3 is 2.62 bits per heavy atom. The number of rotatable bonds is 3. The van der Waals surface area contributed by atoms with E-state index in [2.05, 4.69) is 5.32 Å². The molecular formula is C15H20FN3O2. The molecule has 0 bridgehead atoms. The highest BCUT2D eigenvalue weighted by molar-refractivity contribution is 5.97. The topological polar surface area (TPSA) is 75.4 Å². The van der Waals surface area contributed by atoms with Crippen molar-refractivity contribution in [3.05, 3.63) is 29.6 Å². The Kier molecular flexibility index (Phi) is 4.90. The number of carbonyl (C=O) groups is 2. The number of nitrogens with two attached hydrogens (primary N) is 1. The highest BCUT2D eigenvalue weighted by atomic mass is 19.1. The molecule has 1 aromatic rings. The smallest absolute Gasteiger partial charge is 0.256 e. The lowest BCUT2D eigenvalue weighted by atomic mass is 9.96. The summed E-state index contributed by atoms with van der Waals surface area (Å²) in [6.07, 6.45) is 1.69. The molecule has 1 aliphatic heterocycles. The van der Waals surface area contributed by atoms with Crippen LogP contribution >= 0.6 is 0 Å². The average molecular weight is 293 g/mol. The maximum atomic E-state index is 13.9. The van der Waals surface area contributed by atoms with Crippen LogP contribution in [-0.4, -0.2) is 36.3 Å². The minimum absolute atomic E-state index is 0.00699. The Morgan fingerprint density at radius 2 is 2.05 bits per heavy atom. The zero-order valence-corrected chi connectivity index (χ0v) is 12.1. The first-order chi connectivity index (χ1) is 10.0. The first kappa shape index (κ1) is 15.4. The molecule has 0 aromatic heterocycles. The third kappa shape index (κ3) is 3.78. The predicted molar refractivity (Wildman–Crippen MR) is 78.4 cm³/mol. The van der Waals surface area contributed by atoms with E-state index in [0.29, 0.717) is 31.2 Å². The van der Waals surface area contributed by atoms with Crippen LogP contribution in [-0.2, 0) is 4.79 Å². The van der Waals surface area contributed by atoms with Gasteiger partial charge in [-0.15, -0.1) is 0 Å². The normalized spacial score (nSPS) is 15.9. The molecule has 0 aliphatic carbocycles. The van der Waals surface area contributed by atoms with Crippen LogP contribution < -0.4 is 11.1 Å². The minimum atomic E-state index is -0.574. The van der Waals surface area contributed by atoms with Crippen LogP contribution in [0.5, 0.6) is 0 Å². The molecule has 1 heterocycles. The Balaban J connectivity index is 2.13. The summed E-state index contributed by atoms with van der Waals surface area (Å²) in [5.41, 5.74) is 6.04. The number of piperidine rings is 1. The first-order valence-corrected chi connectivity index (χ1v) is 7.07. The Labute approximate surface area is 123 Å². The van der Waals surface area contributed by atoms with E-state index in [9.17, 15) is 14.0 Å². The molecule has 114 valence electrons. The van der Waals surface area contributed by atoms with Crippen molar-refractivity contribution in [3.8, 4) is 0 Å². The molecule has 5 nitrogen and oxygen atoms in total. The first-order valence-electron chi connectivity index (χ1n) is 7.07. The standard InChI is InChI=1S/C15H20FN3O2/c1-10(20)18-12-2-3-14(16)13(8-12)15(21)19-6-4-11(9-17)5-7-19/h2-3,8,11H,4-7,9,17H2,1H3,(H,18,20). The molecule has 0 radical (unpaired) electrons. The number of hydrogen-bond donors (Lipinski definition) is 2. The number of hydrogen-bond acceptors (Lipinski definition) is 3. The molecule has 1 aromatic carbocycles. The number of nitrogens with one attached hydrogen (secondary N) is 1. The fraction of sp³-hybridized carbons (Fsp3) is 0.467. The van der Waals surface area contributed by atoms with Crippen molar-refractivity contribution in [2.45, 2.75) is 19.8 Å². The largest absolute Gasteiger partial charge is 0.339 e. The van der Waals surface area contributed by atoms with Gasteiger partial charge < -0.3 is 16.0 Å². The maximum Gasteiger partial charge on any atom is 0.256 e. The van der Waals surface area contributed by atoms with Crippen LogP contribution in [0.25, 0.3) is 0 Å². The average Bonchev–Trinajstić information content (AvgIpc) is 2.48. The lowest BCUT2D eigenvalue weighted by molar-refractivity contribution is -0.114. The lowest BCUT2D eigenvalue weighted by Gasteiger charge is -2.31. The second-order valence-electron chi connectivity index (χ2n) is 5.35. The third-order valence-corrected chi connectivity index (χ3v) is 3.75. The van der Waals surface area contributed by atoms with Gasteiger partial charge in [-0.2, -0.15) is 0 Å². The number of nitrogens with zero attached hydrogens (tertiary/aromatic N) is 1. The van der Waals surface area contributed by atoms with Crippen LogP contribution in [0.1, 0.15) is 30.1 Å². The van der Waals surface area contributed by atoms with E-state index in [4.69, 9.17) is 5.73 Å². The van der Waals surface area contributed by atoms with Crippen molar-refractivity contribution >= 4 is 17.5 Å². The van der Waals surface area contributed by atoms with E-state index >= 15 is 0 Å². The SMILES string of the molecule is CC(=O)Nc1ccc(F)c(C(=O)N2CCC(CN)CC2)c1. The van der Waals surface area contributed by atoms with Crippen molar-refractivity contribution in [3.63, 3.8) is 0 Å². The highest BCUT2D eigenvalue weighted by Gasteiger charge is 2.24. The van der Waals surface area contributed by atoms with Crippen molar-refractivity contribution in [2.75, 3.05) is 25.0 Å². The molecular weight excluding hydrogens is 273 g/mol. The second-order valence-corrected chi connectivity index (χ2v) is 5.35. The van der Waals surface area contributed by atoms with Gasteiger partial charge in [-0.05, 0) is 43.5 Å². The molecule has 2 rings (SSSR count). The van der Waals surface area contributed by atoms with Gasteiger partial charge in [0, 0.05) is 25.7 Å². The fourth-order valence-electron chi connectivity index (χ4n) is 2.51. The lowest BCUT2D eigenvalue weighted by Crippen LogP contribution is -2.40. The van der Waals surface area contributed by atoms with Gasteiger partial charge in [0.15, 0.2) is 0 Å². The third-order valence-electron chi connectivity index (χ3n) is 3.75. The zero-order valence-electron chi connectivity index (χ0n) is 12.1. The number of anilines is 1. The molecule has 0 unspecified atom stereocenters. The van der Waals surface area contributed by atoms with Gasteiger partial charge in [0.1, 0.15) is 5.82 Å². The molecule has 1 fully saturated rings. The molecule has 2 amide bonds. The molecule has 3 N–H and O–H groups in total. The summed E-state index contributed by atoms with van der Waals surface area (Å²) < 4.78 is 13.9. The number of likely N-dealkylation sites (tertiary alicyclic amines) is 1. The van der Waals surface area contributed by atoms with Crippen LogP contribution in [0.3, 0.4) is 0 Å². The van der Waals surface area contributed by atoms with Crippen LogP contribution in [0, 0.1) is 11.7 Å². The van der Waals surface area contributed by atoms with Gasteiger partial charge in [-0.25, -0.2) is 4.39 Å². The number of halogens is 1. The summed E-state index contributed by atoms with van der Waals surface area (Å²) in [5, 5.41) is 2.55. The quantitative estimate of drug-likeness (QED) is 0.888. The fourth-order valence-corrected chi connectivity index (χ4v) is 2.51. The molecule has 0 atom stereocenters. The summed E-state index contributed by atoms with van der Waals surface area (Å²) in [7, 11) is 0. The zero-order chi connectivity index (χ0) is 15.4. The monoisotopic (exact) mass is 293 g/mol. The summed E-state index contributed by atoms with van der Waals surface area (Å²) in [5.74, 6) is -0.737. The Bertz CT molecular complexity index is 540. The van der Waals surface area contributed by atoms with E-state index in [1.165, 1.54) is 25.1 Å². The van der Waals surface area contributed by atoms with E-state index in [-0.39, 0.29) is 17.4 Å². The van der Waals surface area contributed by atoms with Crippen molar-refractivity contribution in [2.24, 2.45) is 11.7 Å². The number of carbonyl (C=O) groups excluding carboxylic acids is 2. The summed E-state index contributed by atoms with van der Waals surface area (Å²) in [4.78, 5) is 25.1. The van der Waals surface area contributed by atoms with Gasteiger partial charge in [-0.1, -0.05) is 0 Å². The molecule has 0 saturated carbocycles. The molecule has 0 spiro atoms. The maximum absolute atomic E-state index is 13.9. The Morgan fingerprint density at radius 1 is 1.38 bits per heavy atom. The number of benzene rings is 1. The van der Waals surface area contributed by atoms with Gasteiger partial charge in [-0.3, -0.25) is 9.59 Å². The van der Waals surface area contributed by atoms with E-state index < -0.39 is 5.82 Å². The van der Waals surface area contributed by atoms with Crippen LogP contribution in [0.2, 0.25) is 0 Å². The van der Waals surface area contributed by atoms with Gasteiger partial charge >= 0.3 is 0 Å².